The van der Waals surface area contributed by atoms with E-state index in [0.29, 0.717) is 10.3 Å². The number of carbonyl (C=O) groups is 1. The molecule has 3 heterocycles. The van der Waals surface area contributed by atoms with Crippen molar-refractivity contribution in [1.29, 1.82) is 0 Å². The molecule has 11 heteroatoms. The number of rotatable bonds is 5. The molecule has 0 aliphatic heterocycles. The first-order valence-electron chi connectivity index (χ1n) is 8.70. The second-order valence-corrected chi connectivity index (χ2v) is 8.23. The van der Waals surface area contributed by atoms with Crippen LogP contribution in [0.5, 0.6) is 0 Å². The zero-order valence-electron chi connectivity index (χ0n) is 15.6. The standard InChI is InChI=1S/C19H14BrF2N5O2S/c1-25-18-16(17(20)24-25)19(29)26(10-23-18)9-15(28)27(8-12-3-2-6-30-12)14-5-4-11(21)7-13(14)22/h2-7,10H,8-9H2,1H3. The maximum absolute atomic E-state index is 14.4. The summed E-state index contributed by atoms with van der Waals surface area (Å²) in [4.78, 5) is 32.1. The largest absolute Gasteiger partial charge is 0.303 e. The summed E-state index contributed by atoms with van der Waals surface area (Å²) < 4.78 is 30.7. The summed E-state index contributed by atoms with van der Waals surface area (Å²) in [5, 5.41) is 6.18. The summed E-state index contributed by atoms with van der Waals surface area (Å²) in [6.07, 6.45) is 1.25. The highest BCUT2D eigenvalue weighted by atomic mass is 79.9. The highest BCUT2D eigenvalue weighted by molar-refractivity contribution is 9.10. The van der Waals surface area contributed by atoms with E-state index in [0.717, 1.165) is 21.6 Å². The van der Waals surface area contributed by atoms with E-state index in [1.807, 2.05) is 11.4 Å². The van der Waals surface area contributed by atoms with Gasteiger partial charge in [-0.2, -0.15) is 5.10 Å². The van der Waals surface area contributed by atoms with Crippen molar-refractivity contribution in [3.05, 3.63) is 73.5 Å². The van der Waals surface area contributed by atoms with Crippen molar-refractivity contribution < 1.29 is 13.6 Å². The number of aromatic nitrogens is 4. The van der Waals surface area contributed by atoms with Crippen LogP contribution in [0.3, 0.4) is 0 Å². The molecule has 0 spiro atoms. The monoisotopic (exact) mass is 493 g/mol. The summed E-state index contributed by atoms with van der Waals surface area (Å²) in [6.45, 7) is -0.286. The topological polar surface area (TPSA) is 73.0 Å². The van der Waals surface area contributed by atoms with Gasteiger partial charge in [-0.3, -0.25) is 14.2 Å². The predicted molar refractivity (Wildman–Crippen MR) is 112 cm³/mol. The quantitative estimate of drug-likeness (QED) is 0.426. The van der Waals surface area contributed by atoms with Crippen LogP contribution in [0.1, 0.15) is 4.88 Å². The smallest absolute Gasteiger partial charge is 0.266 e. The Morgan fingerprint density at radius 3 is 2.80 bits per heavy atom. The van der Waals surface area contributed by atoms with Gasteiger partial charge in [0.2, 0.25) is 5.91 Å². The molecule has 0 aliphatic rings. The number of hydrogen-bond donors (Lipinski definition) is 0. The summed E-state index contributed by atoms with van der Waals surface area (Å²) in [7, 11) is 1.65. The van der Waals surface area contributed by atoms with Crippen LogP contribution < -0.4 is 10.5 Å². The molecule has 154 valence electrons. The minimum atomic E-state index is -0.865. The van der Waals surface area contributed by atoms with Gasteiger partial charge in [0.05, 0.1) is 12.2 Å². The lowest BCUT2D eigenvalue weighted by Gasteiger charge is -2.23. The Morgan fingerprint density at radius 2 is 2.10 bits per heavy atom. The molecule has 0 radical (unpaired) electrons. The predicted octanol–water partition coefficient (Wildman–Crippen LogP) is 3.47. The van der Waals surface area contributed by atoms with Crippen molar-refractivity contribution in [1.82, 2.24) is 19.3 Å². The molecule has 4 rings (SSSR count). The van der Waals surface area contributed by atoms with Crippen LogP contribution in [0.15, 0.2) is 51.4 Å². The van der Waals surface area contributed by atoms with E-state index < -0.39 is 23.1 Å². The third-order valence-corrected chi connectivity index (χ3v) is 5.89. The molecular formula is C19H14BrF2N5O2S. The highest BCUT2D eigenvalue weighted by Crippen LogP contribution is 2.24. The molecule has 0 N–H and O–H groups in total. The van der Waals surface area contributed by atoms with Crippen LogP contribution in [-0.4, -0.2) is 25.2 Å². The zero-order valence-corrected chi connectivity index (χ0v) is 18.0. The minimum Gasteiger partial charge on any atom is -0.303 e. The van der Waals surface area contributed by atoms with Crippen LogP contribution in [0, 0.1) is 11.6 Å². The first-order valence-corrected chi connectivity index (χ1v) is 10.4. The van der Waals surface area contributed by atoms with Crippen LogP contribution in [0.25, 0.3) is 11.0 Å². The molecule has 0 bridgehead atoms. The van der Waals surface area contributed by atoms with Crippen LogP contribution in [-0.2, 0) is 24.9 Å². The Bertz CT molecular complexity index is 1300. The van der Waals surface area contributed by atoms with Crippen LogP contribution in [0.4, 0.5) is 14.5 Å². The first-order chi connectivity index (χ1) is 14.3. The summed E-state index contributed by atoms with van der Waals surface area (Å²) in [6, 6.07) is 6.62. The third-order valence-electron chi connectivity index (χ3n) is 4.47. The molecule has 0 fully saturated rings. The van der Waals surface area contributed by atoms with E-state index in [9.17, 15) is 18.4 Å². The van der Waals surface area contributed by atoms with Crippen molar-refractivity contribution in [2.24, 2.45) is 7.05 Å². The number of aryl methyl sites for hydroxylation is 1. The number of halogens is 3. The van der Waals surface area contributed by atoms with Crippen LogP contribution in [0.2, 0.25) is 0 Å². The second kappa shape index (κ2) is 8.07. The van der Waals surface area contributed by atoms with Crippen LogP contribution >= 0.6 is 27.3 Å². The lowest BCUT2D eigenvalue weighted by molar-refractivity contribution is -0.119. The van der Waals surface area contributed by atoms with Gasteiger partial charge in [-0.05, 0) is 39.5 Å². The fourth-order valence-corrected chi connectivity index (χ4v) is 4.32. The molecule has 0 unspecified atom stereocenters. The van der Waals surface area contributed by atoms with Gasteiger partial charge in [-0.15, -0.1) is 11.3 Å². The van der Waals surface area contributed by atoms with Gasteiger partial charge >= 0.3 is 0 Å². The molecule has 0 saturated carbocycles. The van der Waals surface area contributed by atoms with Crippen molar-refractivity contribution in [3.8, 4) is 0 Å². The summed E-state index contributed by atoms with van der Waals surface area (Å²) in [5.74, 6) is -2.15. The third kappa shape index (κ3) is 3.77. The highest BCUT2D eigenvalue weighted by Gasteiger charge is 2.22. The van der Waals surface area contributed by atoms with Gasteiger partial charge in [0.1, 0.15) is 34.5 Å². The van der Waals surface area contributed by atoms with Gasteiger partial charge in [0.15, 0.2) is 5.65 Å². The molecule has 0 aliphatic carbocycles. The van der Waals surface area contributed by atoms with Gasteiger partial charge < -0.3 is 4.90 Å². The molecule has 7 nitrogen and oxygen atoms in total. The molecular weight excluding hydrogens is 480 g/mol. The second-order valence-electron chi connectivity index (χ2n) is 6.45. The lowest BCUT2D eigenvalue weighted by Crippen LogP contribution is -2.36. The molecule has 30 heavy (non-hydrogen) atoms. The van der Waals surface area contributed by atoms with E-state index in [-0.39, 0.29) is 24.2 Å². The Labute approximate surface area is 181 Å². The number of carbonyl (C=O) groups excluding carboxylic acids is 1. The van der Waals surface area contributed by atoms with E-state index in [4.69, 9.17) is 0 Å². The molecule has 4 aromatic rings. The minimum absolute atomic E-state index is 0.0700. The first kappa shape index (κ1) is 20.4. The molecule has 3 aromatic heterocycles. The molecule has 1 amide bonds. The van der Waals surface area contributed by atoms with E-state index in [1.54, 1.807) is 13.1 Å². The van der Waals surface area contributed by atoms with Crippen molar-refractivity contribution in [2.75, 3.05) is 4.90 Å². The molecule has 0 atom stereocenters. The van der Waals surface area contributed by atoms with Crippen molar-refractivity contribution >= 4 is 49.9 Å². The number of benzene rings is 1. The molecule has 0 saturated heterocycles. The van der Waals surface area contributed by atoms with E-state index >= 15 is 0 Å². The maximum Gasteiger partial charge on any atom is 0.266 e. The number of hydrogen-bond acceptors (Lipinski definition) is 5. The summed E-state index contributed by atoms with van der Waals surface area (Å²) >= 11 is 4.63. The Kier molecular flexibility index (Phi) is 5.48. The van der Waals surface area contributed by atoms with Gasteiger partial charge in [0.25, 0.3) is 5.56 Å². The number of amides is 1. The Balaban J connectivity index is 1.72. The van der Waals surface area contributed by atoms with E-state index in [1.165, 1.54) is 33.3 Å². The average Bonchev–Trinajstić information content (AvgIpc) is 3.30. The van der Waals surface area contributed by atoms with Gasteiger partial charge in [0, 0.05) is 18.0 Å². The fraction of sp³-hybridized carbons (Fsp3) is 0.158. The van der Waals surface area contributed by atoms with Crippen molar-refractivity contribution in [2.45, 2.75) is 13.1 Å². The van der Waals surface area contributed by atoms with Gasteiger partial charge in [-0.25, -0.2) is 18.4 Å². The van der Waals surface area contributed by atoms with Crippen molar-refractivity contribution in [3.63, 3.8) is 0 Å². The van der Waals surface area contributed by atoms with Gasteiger partial charge in [-0.1, -0.05) is 6.07 Å². The Morgan fingerprint density at radius 1 is 1.30 bits per heavy atom. The fourth-order valence-electron chi connectivity index (χ4n) is 3.05. The van der Waals surface area contributed by atoms with E-state index in [2.05, 4.69) is 26.0 Å². The Hall–Kier alpha value is -2.92. The SMILES string of the molecule is Cn1nc(Br)c2c(=O)n(CC(=O)N(Cc3cccs3)c3ccc(F)cc3F)cnc21. The maximum atomic E-state index is 14.4. The number of anilines is 1. The normalized spacial score (nSPS) is 11.2. The molecule has 1 aromatic carbocycles. The zero-order chi connectivity index (χ0) is 21.4. The number of thiophene rings is 1. The summed E-state index contributed by atoms with van der Waals surface area (Å²) in [5.41, 5.74) is -0.154. The number of nitrogens with zero attached hydrogens (tertiary/aromatic N) is 5. The lowest BCUT2D eigenvalue weighted by atomic mass is 10.2. The average molecular weight is 494 g/mol. The number of fused-ring (bicyclic) bond motifs is 1.